The van der Waals surface area contributed by atoms with E-state index in [9.17, 15) is 4.79 Å². The molecule has 0 saturated heterocycles. The Morgan fingerprint density at radius 1 is 1.07 bits per heavy atom. The average Bonchev–Trinajstić information content (AvgIpc) is 3.12. The van der Waals surface area contributed by atoms with Gasteiger partial charge in [-0.25, -0.2) is 4.68 Å². The maximum atomic E-state index is 12.4. The summed E-state index contributed by atoms with van der Waals surface area (Å²) in [7, 11) is 3.22. The molecule has 3 N–H and O–H groups in total. The van der Waals surface area contributed by atoms with E-state index in [4.69, 9.17) is 15.3 Å². The average molecular weight is 414 g/mol. The zero-order chi connectivity index (χ0) is 20.8. The molecule has 0 unspecified atom stereocenters. The molecule has 1 heterocycles. The second-order valence-corrected chi connectivity index (χ2v) is 7.54. The number of amides is 1. The lowest BCUT2D eigenvalue weighted by Gasteiger charge is -2.12. The number of nitrogens with two attached hydrogens (primary N) is 1. The maximum absolute atomic E-state index is 12.4. The fourth-order valence-electron chi connectivity index (χ4n) is 2.58. The second-order valence-electron chi connectivity index (χ2n) is 6.23. The summed E-state index contributed by atoms with van der Waals surface area (Å²) in [6.45, 7) is 2.23. The van der Waals surface area contributed by atoms with Crippen LogP contribution in [0.5, 0.6) is 11.5 Å². The van der Waals surface area contributed by atoms with Gasteiger partial charge in [-0.15, -0.1) is 10.2 Å². The Morgan fingerprint density at radius 2 is 1.66 bits per heavy atom. The predicted molar refractivity (Wildman–Crippen MR) is 112 cm³/mol. The number of carbonyl (C=O) groups is 1. The minimum Gasteiger partial charge on any atom is -0.497 e. The third-order valence-corrected chi connectivity index (χ3v) is 5.35. The monoisotopic (exact) mass is 413 g/mol. The normalized spacial score (nSPS) is 11.7. The summed E-state index contributed by atoms with van der Waals surface area (Å²) in [6.07, 6.45) is 0. The van der Waals surface area contributed by atoms with Crippen molar-refractivity contribution < 1.29 is 14.3 Å². The molecule has 0 aliphatic carbocycles. The van der Waals surface area contributed by atoms with E-state index in [-0.39, 0.29) is 11.2 Å². The van der Waals surface area contributed by atoms with Crippen molar-refractivity contribution in [3.8, 4) is 22.9 Å². The van der Waals surface area contributed by atoms with Crippen molar-refractivity contribution in [1.82, 2.24) is 20.2 Å². The van der Waals surface area contributed by atoms with E-state index < -0.39 is 0 Å². The topological polar surface area (TPSA) is 104 Å². The van der Waals surface area contributed by atoms with Gasteiger partial charge >= 0.3 is 0 Å². The van der Waals surface area contributed by atoms with Crippen LogP contribution in [0.2, 0.25) is 0 Å². The molecule has 0 radical (unpaired) electrons. The summed E-state index contributed by atoms with van der Waals surface area (Å²) in [6, 6.07) is 14.9. The summed E-state index contributed by atoms with van der Waals surface area (Å²) in [5.41, 5.74) is 1.80. The number of carbonyl (C=O) groups excluding carboxylic acids is 1. The van der Waals surface area contributed by atoms with Crippen molar-refractivity contribution in [2.24, 2.45) is 0 Å². The molecular formula is C20H23N5O3S. The van der Waals surface area contributed by atoms with Crippen molar-refractivity contribution in [2.45, 2.75) is 23.9 Å². The number of thioether (sulfide) groups is 1. The Morgan fingerprint density at radius 3 is 2.24 bits per heavy atom. The van der Waals surface area contributed by atoms with Crippen LogP contribution in [0.3, 0.4) is 0 Å². The van der Waals surface area contributed by atoms with Gasteiger partial charge in [0.15, 0.2) is 5.82 Å². The molecule has 0 bridgehead atoms. The third kappa shape index (κ3) is 5.00. The molecule has 3 aromatic rings. The number of nitrogens with zero attached hydrogens (tertiary/aromatic N) is 3. The molecule has 1 amide bonds. The van der Waals surface area contributed by atoms with Crippen LogP contribution in [0.1, 0.15) is 12.5 Å². The van der Waals surface area contributed by atoms with Crippen LogP contribution < -0.4 is 20.6 Å². The van der Waals surface area contributed by atoms with Gasteiger partial charge in [-0.1, -0.05) is 23.9 Å². The Hall–Kier alpha value is -3.20. The quantitative estimate of drug-likeness (QED) is 0.432. The lowest BCUT2D eigenvalue weighted by molar-refractivity contribution is -0.120. The SMILES string of the molecule is COc1ccc(CNC(=O)[C@@H](C)Sc2nnc(-c3ccc(OC)cc3)n2N)cc1. The Bertz CT molecular complexity index is 957. The largest absolute Gasteiger partial charge is 0.497 e. The van der Waals surface area contributed by atoms with Crippen LogP contribution in [0.25, 0.3) is 11.4 Å². The highest BCUT2D eigenvalue weighted by Gasteiger charge is 2.19. The van der Waals surface area contributed by atoms with Crippen molar-refractivity contribution in [2.75, 3.05) is 20.1 Å². The molecule has 9 heteroatoms. The van der Waals surface area contributed by atoms with Gasteiger partial charge in [0.2, 0.25) is 11.1 Å². The lowest BCUT2D eigenvalue weighted by atomic mass is 10.2. The minimum atomic E-state index is -0.386. The summed E-state index contributed by atoms with van der Waals surface area (Å²) >= 11 is 1.25. The van der Waals surface area contributed by atoms with Gasteiger partial charge < -0.3 is 20.6 Å². The van der Waals surface area contributed by atoms with E-state index in [0.29, 0.717) is 17.5 Å². The predicted octanol–water partition coefficient (Wildman–Crippen LogP) is 2.47. The molecule has 3 rings (SSSR count). The summed E-state index contributed by atoms with van der Waals surface area (Å²) in [5.74, 6) is 8.07. The summed E-state index contributed by atoms with van der Waals surface area (Å²) in [4.78, 5) is 12.4. The second kappa shape index (κ2) is 9.33. The van der Waals surface area contributed by atoms with Gasteiger partial charge in [-0.05, 0) is 48.9 Å². The van der Waals surface area contributed by atoms with Crippen LogP contribution in [-0.4, -0.2) is 40.3 Å². The van der Waals surface area contributed by atoms with Crippen LogP contribution in [-0.2, 0) is 11.3 Å². The van der Waals surface area contributed by atoms with Crippen LogP contribution >= 0.6 is 11.8 Å². The molecule has 29 heavy (non-hydrogen) atoms. The van der Waals surface area contributed by atoms with E-state index in [1.807, 2.05) is 48.5 Å². The zero-order valence-electron chi connectivity index (χ0n) is 16.5. The number of methoxy groups -OCH3 is 2. The minimum absolute atomic E-state index is 0.111. The van der Waals surface area contributed by atoms with Crippen LogP contribution in [0.4, 0.5) is 0 Å². The van der Waals surface area contributed by atoms with Gasteiger partial charge in [0.05, 0.1) is 19.5 Å². The molecule has 0 saturated carbocycles. The number of nitrogen functional groups attached to an aromatic ring is 1. The molecule has 0 spiro atoms. The number of nitrogens with one attached hydrogen (secondary N) is 1. The molecule has 152 valence electrons. The smallest absolute Gasteiger partial charge is 0.233 e. The van der Waals surface area contributed by atoms with Crippen molar-refractivity contribution in [3.63, 3.8) is 0 Å². The number of rotatable bonds is 8. The van der Waals surface area contributed by atoms with E-state index in [2.05, 4.69) is 15.5 Å². The zero-order valence-corrected chi connectivity index (χ0v) is 17.3. The maximum Gasteiger partial charge on any atom is 0.233 e. The van der Waals surface area contributed by atoms with E-state index >= 15 is 0 Å². The molecule has 8 nitrogen and oxygen atoms in total. The lowest BCUT2D eigenvalue weighted by Crippen LogP contribution is -2.30. The van der Waals surface area contributed by atoms with Crippen LogP contribution in [0.15, 0.2) is 53.7 Å². The standard InChI is InChI=1S/C20H23N5O3S/c1-13(19(26)22-12-14-4-8-16(27-2)9-5-14)29-20-24-23-18(25(20)21)15-6-10-17(28-3)11-7-15/h4-11,13H,12,21H2,1-3H3,(H,22,26)/t13-/m1/s1. The summed E-state index contributed by atoms with van der Waals surface area (Å²) < 4.78 is 11.7. The molecule has 0 aliphatic rings. The first-order valence-corrected chi connectivity index (χ1v) is 9.82. The molecule has 1 atom stereocenters. The van der Waals surface area contributed by atoms with Crippen LogP contribution in [0, 0.1) is 0 Å². The molecule has 0 aliphatic heterocycles. The highest BCUT2D eigenvalue weighted by atomic mass is 32.2. The Balaban J connectivity index is 1.60. The van der Waals surface area contributed by atoms with E-state index in [1.165, 1.54) is 16.4 Å². The third-order valence-electron chi connectivity index (χ3n) is 4.29. The number of hydrogen-bond acceptors (Lipinski definition) is 7. The highest BCUT2D eigenvalue weighted by molar-refractivity contribution is 8.00. The van der Waals surface area contributed by atoms with E-state index in [0.717, 1.165) is 22.6 Å². The first-order valence-electron chi connectivity index (χ1n) is 8.94. The Kier molecular flexibility index (Phi) is 6.61. The molecular weight excluding hydrogens is 390 g/mol. The fourth-order valence-corrected chi connectivity index (χ4v) is 3.38. The summed E-state index contributed by atoms with van der Waals surface area (Å²) in [5, 5.41) is 11.3. The molecule has 1 aromatic heterocycles. The fraction of sp³-hybridized carbons (Fsp3) is 0.250. The van der Waals surface area contributed by atoms with Gasteiger partial charge in [-0.3, -0.25) is 4.79 Å². The van der Waals surface area contributed by atoms with Gasteiger partial charge in [0, 0.05) is 12.1 Å². The highest BCUT2D eigenvalue weighted by Crippen LogP contribution is 2.26. The number of aromatic nitrogens is 3. The van der Waals surface area contributed by atoms with Crippen molar-refractivity contribution in [3.05, 3.63) is 54.1 Å². The van der Waals surface area contributed by atoms with Gasteiger partial charge in [0.25, 0.3) is 0 Å². The van der Waals surface area contributed by atoms with Gasteiger partial charge in [0.1, 0.15) is 11.5 Å². The number of ether oxygens (including phenoxy) is 2. The first-order chi connectivity index (χ1) is 14.0. The Labute approximate surface area is 173 Å². The number of benzene rings is 2. The van der Waals surface area contributed by atoms with E-state index in [1.54, 1.807) is 21.1 Å². The van der Waals surface area contributed by atoms with Crippen molar-refractivity contribution in [1.29, 1.82) is 0 Å². The first kappa shape index (κ1) is 20.5. The molecule has 2 aromatic carbocycles. The van der Waals surface area contributed by atoms with Crippen molar-refractivity contribution >= 4 is 17.7 Å². The number of hydrogen-bond donors (Lipinski definition) is 2. The van der Waals surface area contributed by atoms with Gasteiger partial charge in [-0.2, -0.15) is 0 Å². The molecule has 0 fully saturated rings.